The number of ether oxygens (including phenoxy) is 1. The Kier molecular flexibility index (Phi) is 5.41. The molecule has 0 heterocycles. The highest BCUT2D eigenvalue weighted by atomic mass is 79.9. The first-order valence-corrected chi connectivity index (χ1v) is 7.40. The van der Waals surface area contributed by atoms with E-state index in [0.717, 1.165) is 4.47 Å². The quantitative estimate of drug-likeness (QED) is 0.832. The average Bonchev–Trinajstić information content (AvgIpc) is 2.46. The zero-order valence-corrected chi connectivity index (χ0v) is 13.6. The number of primary amides is 1. The molecule has 7 heteroatoms. The summed E-state index contributed by atoms with van der Waals surface area (Å²) in [5.74, 6) is -0.385. The van der Waals surface area contributed by atoms with Gasteiger partial charge >= 0.3 is 0 Å². The van der Waals surface area contributed by atoms with E-state index in [4.69, 9.17) is 22.1 Å². The predicted molar refractivity (Wildman–Crippen MR) is 88.2 cm³/mol. The van der Waals surface area contributed by atoms with Crippen LogP contribution in [-0.4, -0.2) is 18.4 Å². The Morgan fingerprint density at radius 2 is 1.86 bits per heavy atom. The Morgan fingerprint density at radius 3 is 2.45 bits per heavy atom. The van der Waals surface area contributed by atoms with E-state index in [-0.39, 0.29) is 12.5 Å². The molecule has 0 aliphatic carbocycles. The van der Waals surface area contributed by atoms with Gasteiger partial charge in [-0.3, -0.25) is 9.59 Å². The maximum Gasteiger partial charge on any atom is 0.257 e. The molecule has 0 saturated carbocycles. The summed E-state index contributed by atoms with van der Waals surface area (Å²) in [7, 11) is 0. The minimum Gasteiger partial charge on any atom is -0.484 e. The zero-order valence-electron chi connectivity index (χ0n) is 11.3. The van der Waals surface area contributed by atoms with Crippen LogP contribution in [0.5, 0.6) is 5.75 Å². The van der Waals surface area contributed by atoms with Crippen molar-refractivity contribution in [2.24, 2.45) is 5.73 Å². The van der Waals surface area contributed by atoms with Gasteiger partial charge in [-0.05, 0) is 42.5 Å². The van der Waals surface area contributed by atoms with Gasteiger partial charge in [0.05, 0.1) is 10.6 Å². The molecule has 2 rings (SSSR count). The zero-order chi connectivity index (χ0) is 16.1. The highest BCUT2D eigenvalue weighted by Gasteiger charge is 2.11. The molecule has 0 spiro atoms. The van der Waals surface area contributed by atoms with Crippen LogP contribution in [0.15, 0.2) is 46.9 Å². The molecule has 0 unspecified atom stereocenters. The van der Waals surface area contributed by atoms with E-state index >= 15 is 0 Å². The van der Waals surface area contributed by atoms with E-state index in [0.29, 0.717) is 22.0 Å². The minimum absolute atomic E-state index is 0.194. The number of carbonyl (C=O) groups is 2. The number of benzene rings is 2. The highest BCUT2D eigenvalue weighted by Crippen LogP contribution is 2.23. The summed E-state index contributed by atoms with van der Waals surface area (Å²) in [5.41, 5.74) is 5.94. The first-order valence-electron chi connectivity index (χ1n) is 6.23. The fourth-order valence-electron chi connectivity index (χ4n) is 1.66. The lowest BCUT2D eigenvalue weighted by Gasteiger charge is -2.08. The molecule has 0 aromatic heterocycles. The number of anilines is 1. The van der Waals surface area contributed by atoms with Gasteiger partial charge in [-0.25, -0.2) is 0 Å². The predicted octanol–water partition coefficient (Wildman–Crippen LogP) is 3.22. The van der Waals surface area contributed by atoms with Crippen molar-refractivity contribution in [3.05, 3.63) is 57.5 Å². The van der Waals surface area contributed by atoms with Crippen molar-refractivity contribution in [2.75, 3.05) is 11.9 Å². The second-order valence-electron chi connectivity index (χ2n) is 4.36. The van der Waals surface area contributed by atoms with Gasteiger partial charge in [0.25, 0.3) is 11.8 Å². The second kappa shape index (κ2) is 7.29. The molecular formula is C15H12BrClN2O3. The van der Waals surface area contributed by atoms with Gasteiger partial charge in [-0.1, -0.05) is 27.5 Å². The van der Waals surface area contributed by atoms with Crippen molar-refractivity contribution in [1.82, 2.24) is 0 Å². The van der Waals surface area contributed by atoms with Crippen LogP contribution in [0.25, 0.3) is 0 Å². The molecule has 0 radical (unpaired) electrons. The van der Waals surface area contributed by atoms with E-state index in [9.17, 15) is 9.59 Å². The lowest BCUT2D eigenvalue weighted by Crippen LogP contribution is -2.20. The van der Waals surface area contributed by atoms with Crippen LogP contribution in [0, 0.1) is 0 Å². The summed E-state index contributed by atoms with van der Waals surface area (Å²) in [6.07, 6.45) is 0. The Morgan fingerprint density at radius 1 is 1.18 bits per heavy atom. The van der Waals surface area contributed by atoms with Crippen molar-refractivity contribution in [3.8, 4) is 5.75 Å². The molecule has 2 aromatic carbocycles. The fourth-order valence-corrected chi connectivity index (χ4v) is 2.42. The number of hydrogen-bond acceptors (Lipinski definition) is 3. The van der Waals surface area contributed by atoms with Crippen LogP contribution in [0.3, 0.4) is 0 Å². The largest absolute Gasteiger partial charge is 0.484 e. The summed E-state index contributed by atoms with van der Waals surface area (Å²) in [4.78, 5) is 22.8. The number of carbonyl (C=O) groups excluding carboxylic acids is 2. The molecule has 0 fully saturated rings. The van der Waals surface area contributed by atoms with Crippen LogP contribution >= 0.6 is 27.5 Å². The molecule has 0 bridgehead atoms. The Bertz CT molecular complexity index is 704. The van der Waals surface area contributed by atoms with Crippen molar-refractivity contribution in [1.29, 1.82) is 0 Å². The van der Waals surface area contributed by atoms with Crippen LogP contribution in [0.2, 0.25) is 5.02 Å². The third-order valence-corrected chi connectivity index (χ3v) is 3.47. The molecule has 114 valence electrons. The molecular weight excluding hydrogens is 372 g/mol. The first kappa shape index (κ1) is 16.3. The van der Waals surface area contributed by atoms with Gasteiger partial charge in [0.15, 0.2) is 6.61 Å². The van der Waals surface area contributed by atoms with Crippen molar-refractivity contribution >= 4 is 45.0 Å². The van der Waals surface area contributed by atoms with Crippen LogP contribution in [0.1, 0.15) is 10.4 Å². The normalized spacial score (nSPS) is 10.1. The van der Waals surface area contributed by atoms with E-state index in [1.54, 1.807) is 42.5 Å². The van der Waals surface area contributed by atoms with Gasteiger partial charge in [-0.15, -0.1) is 0 Å². The number of hydrogen-bond donors (Lipinski definition) is 2. The summed E-state index contributed by atoms with van der Waals surface area (Å²) in [6.45, 7) is -0.194. The molecule has 0 atom stereocenters. The van der Waals surface area contributed by atoms with Gasteiger partial charge in [0, 0.05) is 10.2 Å². The monoisotopic (exact) mass is 382 g/mol. The molecule has 0 aliphatic rings. The Hall–Kier alpha value is -2.05. The molecule has 2 amide bonds. The third-order valence-electron chi connectivity index (χ3n) is 2.67. The van der Waals surface area contributed by atoms with Gasteiger partial charge in [0.2, 0.25) is 0 Å². The molecule has 22 heavy (non-hydrogen) atoms. The Labute approximate surface area is 140 Å². The van der Waals surface area contributed by atoms with E-state index < -0.39 is 5.91 Å². The van der Waals surface area contributed by atoms with E-state index in [1.807, 2.05) is 0 Å². The number of nitrogens with one attached hydrogen (secondary N) is 1. The van der Waals surface area contributed by atoms with Crippen LogP contribution < -0.4 is 15.8 Å². The topological polar surface area (TPSA) is 81.4 Å². The highest BCUT2D eigenvalue weighted by molar-refractivity contribution is 9.10. The molecule has 2 aromatic rings. The lowest BCUT2D eigenvalue weighted by molar-refractivity contribution is -0.119. The van der Waals surface area contributed by atoms with E-state index in [2.05, 4.69) is 21.2 Å². The Balaban J connectivity index is 2.04. The lowest BCUT2D eigenvalue weighted by atomic mass is 10.2. The van der Waals surface area contributed by atoms with Crippen LogP contribution in [-0.2, 0) is 4.79 Å². The van der Waals surface area contributed by atoms with Gasteiger partial charge < -0.3 is 15.8 Å². The SMILES string of the molecule is NC(=O)COc1ccc(NC(=O)c2ccc(Br)cc2Cl)cc1. The maximum atomic E-state index is 12.1. The third kappa shape index (κ3) is 4.47. The number of rotatable bonds is 5. The summed E-state index contributed by atoms with van der Waals surface area (Å²) >= 11 is 9.31. The number of nitrogens with two attached hydrogens (primary N) is 1. The van der Waals surface area contributed by atoms with Crippen molar-refractivity contribution < 1.29 is 14.3 Å². The van der Waals surface area contributed by atoms with E-state index in [1.165, 1.54) is 0 Å². The summed E-state index contributed by atoms with van der Waals surface area (Å²) in [5, 5.41) is 3.08. The number of halogens is 2. The maximum absolute atomic E-state index is 12.1. The number of amides is 2. The van der Waals surface area contributed by atoms with Crippen molar-refractivity contribution in [2.45, 2.75) is 0 Å². The van der Waals surface area contributed by atoms with Crippen molar-refractivity contribution in [3.63, 3.8) is 0 Å². The molecule has 5 nitrogen and oxygen atoms in total. The first-order chi connectivity index (χ1) is 10.5. The average molecular weight is 384 g/mol. The second-order valence-corrected chi connectivity index (χ2v) is 5.68. The minimum atomic E-state index is -0.553. The summed E-state index contributed by atoms with van der Waals surface area (Å²) in [6, 6.07) is 11.6. The molecule has 3 N–H and O–H groups in total. The molecule has 0 aliphatic heterocycles. The molecule has 0 saturated heterocycles. The van der Waals surface area contributed by atoms with Crippen LogP contribution in [0.4, 0.5) is 5.69 Å². The van der Waals surface area contributed by atoms with Gasteiger partial charge in [-0.2, -0.15) is 0 Å². The fraction of sp³-hybridized carbons (Fsp3) is 0.0667. The standard InChI is InChI=1S/C15H12BrClN2O3/c16-9-1-6-12(13(17)7-9)15(21)19-10-2-4-11(5-3-10)22-8-14(18)20/h1-7H,8H2,(H2,18,20)(H,19,21). The smallest absolute Gasteiger partial charge is 0.257 e. The summed E-state index contributed by atoms with van der Waals surface area (Å²) < 4.78 is 5.93. The van der Waals surface area contributed by atoms with Gasteiger partial charge in [0.1, 0.15) is 5.75 Å².